The van der Waals surface area contributed by atoms with E-state index >= 15 is 0 Å². The third-order valence-electron chi connectivity index (χ3n) is 3.36. The Bertz CT molecular complexity index is 596. The van der Waals surface area contributed by atoms with Crippen molar-refractivity contribution in [2.45, 2.75) is 26.8 Å². The molecule has 0 spiro atoms. The van der Waals surface area contributed by atoms with Gasteiger partial charge in [0.1, 0.15) is 23.2 Å². The number of nitrogens with one attached hydrogen (secondary N) is 2. The molecule has 2 rings (SSSR count). The Labute approximate surface area is 125 Å². The summed E-state index contributed by atoms with van der Waals surface area (Å²) in [4.78, 5) is 9.03. The molecule has 0 saturated carbocycles. The molecule has 0 radical (unpaired) electrons. The van der Waals surface area contributed by atoms with Gasteiger partial charge in [0, 0.05) is 25.6 Å². The molecule has 0 atom stereocenters. The molecule has 0 aliphatic rings. The SMILES string of the molecule is CCc1nc(NC)c(C)c(NCc2ccc(OC)cc2)n1. The Morgan fingerprint density at radius 3 is 2.33 bits per heavy atom. The van der Waals surface area contributed by atoms with Gasteiger partial charge in [0.15, 0.2) is 0 Å². The zero-order valence-corrected chi connectivity index (χ0v) is 13.0. The van der Waals surface area contributed by atoms with Crippen LogP contribution in [0, 0.1) is 6.92 Å². The average Bonchev–Trinajstić information content (AvgIpc) is 2.54. The van der Waals surface area contributed by atoms with Gasteiger partial charge in [-0.25, -0.2) is 9.97 Å². The first kappa shape index (κ1) is 15.1. The zero-order valence-electron chi connectivity index (χ0n) is 13.0. The van der Waals surface area contributed by atoms with Gasteiger partial charge in [-0.2, -0.15) is 0 Å². The molecule has 21 heavy (non-hydrogen) atoms. The lowest BCUT2D eigenvalue weighted by Gasteiger charge is -2.13. The quantitative estimate of drug-likeness (QED) is 0.855. The first-order valence-corrected chi connectivity index (χ1v) is 7.10. The molecular formula is C16H22N4O. The molecule has 0 fully saturated rings. The fourth-order valence-electron chi connectivity index (χ4n) is 2.07. The molecule has 0 bridgehead atoms. The largest absolute Gasteiger partial charge is 0.497 e. The second-order valence-corrected chi connectivity index (χ2v) is 4.77. The van der Waals surface area contributed by atoms with E-state index in [1.54, 1.807) is 7.11 Å². The highest BCUT2D eigenvalue weighted by Gasteiger charge is 2.08. The highest BCUT2D eigenvalue weighted by Crippen LogP contribution is 2.21. The standard InChI is InChI=1S/C16H22N4O/c1-5-14-19-15(17-3)11(2)16(20-14)18-10-12-6-8-13(21-4)9-7-12/h6-9H,5,10H2,1-4H3,(H2,17,18,19,20). The molecule has 1 aromatic heterocycles. The number of ether oxygens (including phenoxy) is 1. The monoisotopic (exact) mass is 286 g/mol. The van der Waals surface area contributed by atoms with E-state index in [-0.39, 0.29) is 0 Å². The second kappa shape index (κ2) is 6.92. The van der Waals surface area contributed by atoms with Crippen molar-refractivity contribution in [2.24, 2.45) is 0 Å². The van der Waals surface area contributed by atoms with Gasteiger partial charge in [-0.3, -0.25) is 0 Å². The van der Waals surface area contributed by atoms with Crippen LogP contribution in [0.4, 0.5) is 11.6 Å². The molecule has 0 aliphatic heterocycles. The molecule has 0 unspecified atom stereocenters. The number of rotatable bonds is 6. The van der Waals surface area contributed by atoms with Crippen LogP contribution in [-0.4, -0.2) is 24.1 Å². The second-order valence-electron chi connectivity index (χ2n) is 4.77. The Hall–Kier alpha value is -2.30. The Morgan fingerprint density at radius 1 is 1.10 bits per heavy atom. The van der Waals surface area contributed by atoms with Crippen molar-refractivity contribution in [1.29, 1.82) is 0 Å². The summed E-state index contributed by atoms with van der Waals surface area (Å²) >= 11 is 0. The van der Waals surface area contributed by atoms with Crippen LogP contribution in [-0.2, 0) is 13.0 Å². The fraction of sp³-hybridized carbons (Fsp3) is 0.375. The van der Waals surface area contributed by atoms with Gasteiger partial charge in [-0.05, 0) is 24.6 Å². The van der Waals surface area contributed by atoms with Crippen molar-refractivity contribution < 1.29 is 4.74 Å². The van der Waals surface area contributed by atoms with E-state index in [1.807, 2.05) is 38.2 Å². The number of hydrogen-bond donors (Lipinski definition) is 2. The van der Waals surface area contributed by atoms with E-state index in [9.17, 15) is 0 Å². The minimum atomic E-state index is 0.716. The third-order valence-corrected chi connectivity index (χ3v) is 3.36. The van der Waals surface area contributed by atoms with Crippen LogP contribution in [0.3, 0.4) is 0 Å². The van der Waals surface area contributed by atoms with Gasteiger partial charge < -0.3 is 15.4 Å². The number of nitrogens with zero attached hydrogens (tertiary/aromatic N) is 2. The van der Waals surface area contributed by atoms with Crippen LogP contribution >= 0.6 is 0 Å². The number of aryl methyl sites for hydroxylation is 1. The summed E-state index contributed by atoms with van der Waals surface area (Å²) in [5.41, 5.74) is 2.21. The molecule has 1 aromatic carbocycles. The van der Waals surface area contributed by atoms with Crippen molar-refractivity contribution in [3.63, 3.8) is 0 Å². The lowest BCUT2D eigenvalue weighted by atomic mass is 10.2. The Balaban J connectivity index is 2.14. The molecule has 0 saturated heterocycles. The number of hydrogen-bond acceptors (Lipinski definition) is 5. The van der Waals surface area contributed by atoms with E-state index in [1.165, 1.54) is 5.56 Å². The number of anilines is 2. The molecule has 0 aliphatic carbocycles. The van der Waals surface area contributed by atoms with E-state index < -0.39 is 0 Å². The Kier molecular flexibility index (Phi) is 4.98. The summed E-state index contributed by atoms with van der Waals surface area (Å²) in [6, 6.07) is 8.00. The van der Waals surface area contributed by atoms with Gasteiger partial charge in [0.25, 0.3) is 0 Å². The first-order chi connectivity index (χ1) is 10.2. The highest BCUT2D eigenvalue weighted by atomic mass is 16.5. The Morgan fingerprint density at radius 2 is 1.76 bits per heavy atom. The maximum Gasteiger partial charge on any atom is 0.135 e. The predicted octanol–water partition coefficient (Wildman–Crippen LogP) is 3.01. The molecular weight excluding hydrogens is 264 g/mol. The highest BCUT2D eigenvalue weighted by molar-refractivity contribution is 5.57. The normalized spacial score (nSPS) is 10.3. The zero-order chi connectivity index (χ0) is 15.2. The van der Waals surface area contributed by atoms with E-state index in [2.05, 4.69) is 27.5 Å². The van der Waals surface area contributed by atoms with Crippen LogP contribution in [0.25, 0.3) is 0 Å². The number of methoxy groups -OCH3 is 1. The molecule has 2 aromatic rings. The van der Waals surface area contributed by atoms with Crippen LogP contribution in [0.2, 0.25) is 0 Å². The van der Waals surface area contributed by atoms with Crippen molar-refractivity contribution in [3.05, 3.63) is 41.2 Å². The van der Waals surface area contributed by atoms with E-state index in [0.29, 0.717) is 6.54 Å². The summed E-state index contributed by atoms with van der Waals surface area (Å²) < 4.78 is 5.16. The topological polar surface area (TPSA) is 59.1 Å². The van der Waals surface area contributed by atoms with E-state index in [0.717, 1.165) is 35.2 Å². The number of aromatic nitrogens is 2. The van der Waals surface area contributed by atoms with Gasteiger partial charge in [-0.15, -0.1) is 0 Å². The lowest BCUT2D eigenvalue weighted by Crippen LogP contribution is -2.09. The van der Waals surface area contributed by atoms with Crippen LogP contribution in [0.1, 0.15) is 23.9 Å². The van der Waals surface area contributed by atoms with Crippen LogP contribution < -0.4 is 15.4 Å². The summed E-state index contributed by atoms with van der Waals surface area (Å²) in [5, 5.41) is 6.50. The minimum absolute atomic E-state index is 0.716. The fourth-order valence-corrected chi connectivity index (χ4v) is 2.07. The maximum absolute atomic E-state index is 5.16. The van der Waals surface area contributed by atoms with Gasteiger partial charge in [-0.1, -0.05) is 19.1 Å². The molecule has 5 heteroatoms. The first-order valence-electron chi connectivity index (χ1n) is 7.10. The van der Waals surface area contributed by atoms with Crippen molar-refractivity contribution in [3.8, 4) is 5.75 Å². The summed E-state index contributed by atoms with van der Waals surface area (Å²) in [7, 11) is 3.55. The van der Waals surface area contributed by atoms with E-state index in [4.69, 9.17) is 4.74 Å². The van der Waals surface area contributed by atoms with Crippen molar-refractivity contribution >= 4 is 11.6 Å². The van der Waals surface area contributed by atoms with Crippen molar-refractivity contribution in [1.82, 2.24) is 9.97 Å². The smallest absolute Gasteiger partial charge is 0.135 e. The molecule has 2 N–H and O–H groups in total. The molecule has 0 amide bonds. The molecule has 1 heterocycles. The molecule has 5 nitrogen and oxygen atoms in total. The molecule has 112 valence electrons. The van der Waals surface area contributed by atoms with Gasteiger partial charge in [0.2, 0.25) is 0 Å². The number of benzene rings is 1. The lowest BCUT2D eigenvalue weighted by molar-refractivity contribution is 0.414. The summed E-state index contributed by atoms with van der Waals surface area (Å²) in [6.07, 6.45) is 0.812. The minimum Gasteiger partial charge on any atom is -0.497 e. The van der Waals surface area contributed by atoms with Crippen molar-refractivity contribution in [2.75, 3.05) is 24.8 Å². The van der Waals surface area contributed by atoms with Crippen LogP contribution in [0.5, 0.6) is 5.75 Å². The predicted molar refractivity (Wildman–Crippen MR) is 86.0 cm³/mol. The maximum atomic E-state index is 5.16. The van der Waals surface area contributed by atoms with Gasteiger partial charge in [0.05, 0.1) is 7.11 Å². The third kappa shape index (κ3) is 3.62. The average molecular weight is 286 g/mol. The summed E-state index contributed by atoms with van der Waals surface area (Å²) in [5.74, 6) is 3.45. The van der Waals surface area contributed by atoms with Gasteiger partial charge >= 0.3 is 0 Å². The van der Waals surface area contributed by atoms with Crippen LogP contribution in [0.15, 0.2) is 24.3 Å². The summed E-state index contributed by atoms with van der Waals surface area (Å²) in [6.45, 7) is 4.78.